The van der Waals surface area contributed by atoms with Crippen LogP contribution in [0, 0.1) is 0 Å². The molecule has 0 N–H and O–H groups in total. The van der Waals surface area contributed by atoms with Crippen LogP contribution in [-0.2, 0) is 11.5 Å². The Balaban J connectivity index is 2.68. The molecule has 0 fully saturated rings. The van der Waals surface area contributed by atoms with Crippen molar-refractivity contribution in [1.29, 1.82) is 0 Å². The van der Waals surface area contributed by atoms with Gasteiger partial charge in [0, 0.05) is 5.33 Å². The molecule has 0 aliphatic rings. The van der Waals surface area contributed by atoms with Crippen molar-refractivity contribution in [1.82, 2.24) is 9.78 Å². The molecule has 1 aromatic heterocycles. The van der Waals surface area contributed by atoms with Gasteiger partial charge in [-0.25, -0.2) is 4.68 Å². The highest BCUT2D eigenvalue weighted by Crippen LogP contribution is 2.36. The summed E-state index contributed by atoms with van der Waals surface area (Å²) in [6.45, 7) is 0. The summed E-state index contributed by atoms with van der Waals surface area (Å²) in [7, 11) is 0. The van der Waals surface area contributed by atoms with E-state index in [1.165, 1.54) is 12.1 Å². The molecular weight excluding hydrogens is 368 g/mol. The van der Waals surface area contributed by atoms with Crippen LogP contribution in [0.2, 0.25) is 10.0 Å². The zero-order valence-electron chi connectivity index (χ0n) is 9.18. The number of alkyl halides is 4. The van der Waals surface area contributed by atoms with Gasteiger partial charge in [-0.3, -0.25) is 0 Å². The Bertz CT molecular complexity index is 590. The van der Waals surface area contributed by atoms with Crippen molar-refractivity contribution in [2.24, 2.45) is 0 Å². The predicted molar refractivity (Wildman–Crippen MR) is 71.2 cm³/mol. The minimum atomic E-state index is -4.48. The monoisotopic (exact) mass is 372 g/mol. The van der Waals surface area contributed by atoms with Crippen LogP contribution in [0.3, 0.4) is 0 Å². The lowest BCUT2D eigenvalue weighted by Crippen LogP contribution is -2.09. The first kappa shape index (κ1) is 14.7. The van der Waals surface area contributed by atoms with E-state index in [9.17, 15) is 13.2 Å². The Hall–Kier alpha value is -0.720. The number of benzene rings is 1. The number of hydrogen-bond acceptors (Lipinski definition) is 1. The van der Waals surface area contributed by atoms with E-state index in [1.807, 2.05) is 0 Å². The molecule has 0 atom stereocenters. The van der Waals surface area contributed by atoms with Crippen LogP contribution >= 0.6 is 39.1 Å². The highest BCUT2D eigenvalue weighted by molar-refractivity contribution is 9.08. The summed E-state index contributed by atoms with van der Waals surface area (Å²) in [5.74, 6) is 0. The van der Waals surface area contributed by atoms with Gasteiger partial charge in [-0.1, -0.05) is 45.2 Å². The third kappa shape index (κ3) is 2.75. The van der Waals surface area contributed by atoms with Crippen LogP contribution in [0.15, 0.2) is 24.4 Å². The molecule has 2 aromatic rings. The molecule has 0 saturated carbocycles. The fourth-order valence-corrected chi connectivity index (χ4v) is 2.72. The Kier molecular flexibility index (Phi) is 4.13. The average Bonchev–Trinajstić information content (AvgIpc) is 2.72. The molecular formula is C11H6BrCl2F3N2. The molecule has 8 heteroatoms. The van der Waals surface area contributed by atoms with Crippen molar-refractivity contribution in [3.63, 3.8) is 0 Å². The standard InChI is InChI=1S/C11H6BrCl2F3N2/c12-4-9-6(11(15,16)17)5-18-19(9)10-7(13)2-1-3-8(10)14/h1-3,5H,4H2. The zero-order valence-corrected chi connectivity index (χ0v) is 12.3. The molecule has 0 aliphatic carbocycles. The fourth-order valence-electron chi connectivity index (χ4n) is 1.62. The van der Waals surface area contributed by atoms with Crippen molar-refractivity contribution in [3.05, 3.63) is 45.7 Å². The van der Waals surface area contributed by atoms with Gasteiger partial charge in [0.1, 0.15) is 5.69 Å². The highest BCUT2D eigenvalue weighted by Gasteiger charge is 2.36. The first-order valence-electron chi connectivity index (χ1n) is 5.00. The van der Waals surface area contributed by atoms with E-state index in [2.05, 4.69) is 21.0 Å². The summed E-state index contributed by atoms with van der Waals surface area (Å²) < 4.78 is 39.6. The maximum absolute atomic E-state index is 12.8. The number of rotatable bonds is 2. The van der Waals surface area contributed by atoms with E-state index >= 15 is 0 Å². The van der Waals surface area contributed by atoms with Gasteiger partial charge < -0.3 is 0 Å². The maximum Gasteiger partial charge on any atom is 0.419 e. The molecule has 0 spiro atoms. The minimum Gasteiger partial charge on any atom is -0.233 e. The average molecular weight is 374 g/mol. The molecule has 0 unspecified atom stereocenters. The van der Waals surface area contributed by atoms with Crippen molar-refractivity contribution < 1.29 is 13.2 Å². The Morgan fingerprint density at radius 3 is 2.26 bits per heavy atom. The van der Waals surface area contributed by atoms with Gasteiger partial charge in [0.15, 0.2) is 0 Å². The lowest BCUT2D eigenvalue weighted by Gasteiger charge is -2.11. The number of para-hydroxylation sites is 1. The highest BCUT2D eigenvalue weighted by atomic mass is 79.9. The van der Waals surface area contributed by atoms with Gasteiger partial charge in [-0.05, 0) is 12.1 Å². The van der Waals surface area contributed by atoms with Gasteiger partial charge in [0.05, 0.1) is 27.5 Å². The third-order valence-electron chi connectivity index (χ3n) is 2.45. The SMILES string of the molecule is FC(F)(F)c1cnn(-c2c(Cl)cccc2Cl)c1CBr. The van der Waals surface area contributed by atoms with Crippen molar-refractivity contribution in [2.45, 2.75) is 11.5 Å². The second kappa shape index (κ2) is 5.34. The van der Waals surface area contributed by atoms with Gasteiger partial charge >= 0.3 is 6.18 Å². The topological polar surface area (TPSA) is 17.8 Å². The normalized spacial score (nSPS) is 11.9. The number of nitrogens with zero attached hydrogens (tertiary/aromatic N) is 2. The van der Waals surface area contributed by atoms with E-state index in [4.69, 9.17) is 23.2 Å². The van der Waals surface area contributed by atoms with E-state index < -0.39 is 11.7 Å². The van der Waals surface area contributed by atoms with Crippen LogP contribution in [-0.4, -0.2) is 9.78 Å². The summed E-state index contributed by atoms with van der Waals surface area (Å²) in [5.41, 5.74) is -0.640. The molecule has 1 aromatic carbocycles. The molecule has 2 rings (SSSR count). The van der Waals surface area contributed by atoms with Crippen LogP contribution in [0.25, 0.3) is 5.69 Å². The number of aromatic nitrogens is 2. The first-order valence-corrected chi connectivity index (χ1v) is 6.88. The molecule has 0 amide bonds. The Morgan fingerprint density at radius 1 is 1.21 bits per heavy atom. The van der Waals surface area contributed by atoms with Crippen LogP contribution in [0.5, 0.6) is 0 Å². The van der Waals surface area contributed by atoms with Crippen molar-refractivity contribution in [3.8, 4) is 5.69 Å². The number of halogens is 6. The second-order valence-corrected chi connectivity index (χ2v) is 4.99. The lowest BCUT2D eigenvalue weighted by molar-refractivity contribution is -0.138. The predicted octanol–water partition coefficient (Wildman–Crippen LogP) is 5.09. The molecule has 2 nitrogen and oxygen atoms in total. The van der Waals surface area contributed by atoms with E-state index in [0.717, 1.165) is 10.9 Å². The van der Waals surface area contributed by atoms with Crippen LogP contribution in [0.4, 0.5) is 13.2 Å². The van der Waals surface area contributed by atoms with Gasteiger partial charge in [-0.15, -0.1) is 0 Å². The van der Waals surface area contributed by atoms with Gasteiger partial charge in [-0.2, -0.15) is 18.3 Å². The summed E-state index contributed by atoms with van der Waals surface area (Å²) >= 11 is 15.0. The fraction of sp³-hybridized carbons (Fsp3) is 0.182. The Morgan fingerprint density at radius 2 is 1.79 bits per heavy atom. The summed E-state index contributed by atoms with van der Waals surface area (Å²) in [5, 5.41) is 4.18. The molecule has 0 bridgehead atoms. The lowest BCUT2D eigenvalue weighted by atomic mass is 10.2. The number of hydrogen-bond donors (Lipinski definition) is 0. The summed E-state index contributed by atoms with van der Waals surface area (Å²) in [4.78, 5) is 0. The second-order valence-electron chi connectivity index (χ2n) is 3.62. The third-order valence-corrected chi connectivity index (χ3v) is 3.59. The molecule has 0 aliphatic heterocycles. The minimum absolute atomic E-state index is 0.0244. The molecule has 0 radical (unpaired) electrons. The van der Waals surface area contributed by atoms with E-state index in [-0.39, 0.29) is 26.8 Å². The zero-order chi connectivity index (χ0) is 14.2. The van der Waals surface area contributed by atoms with E-state index in [0.29, 0.717) is 0 Å². The van der Waals surface area contributed by atoms with Crippen LogP contribution in [0.1, 0.15) is 11.3 Å². The molecule has 0 saturated heterocycles. The molecule has 102 valence electrons. The smallest absolute Gasteiger partial charge is 0.233 e. The maximum atomic E-state index is 12.8. The van der Waals surface area contributed by atoms with E-state index in [1.54, 1.807) is 6.07 Å². The van der Waals surface area contributed by atoms with Gasteiger partial charge in [0.25, 0.3) is 0 Å². The summed E-state index contributed by atoms with van der Waals surface area (Å²) in [6, 6.07) is 4.68. The quantitative estimate of drug-likeness (QED) is 0.670. The summed E-state index contributed by atoms with van der Waals surface area (Å²) in [6.07, 6.45) is -3.72. The van der Waals surface area contributed by atoms with Crippen LogP contribution < -0.4 is 0 Å². The largest absolute Gasteiger partial charge is 0.419 e. The molecule has 1 heterocycles. The molecule has 19 heavy (non-hydrogen) atoms. The van der Waals surface area contributed by atoms with Gasteiger partial charge in [0.2, 0.25) is 0 Å². The Labute approximate surface area is 125 Å². The first-order chi connectivity index (χ1) is 8.86. The van der Waals surface area contributed by atoms with Crippen molar-refractivity contribution >= 4 is 39.1 Å². The van der Waals surface area contributed by atoms with Crippen molar-refractivity contribution in [2.75, 3.05) is 0 Å².